The van der Waals surface area contributed by atoms with Crippen LogP contribution in [0.15, 0.2) is 16.8 Å². The fourth-order valence-electron chi connectivity index (χ4n) is 8.47. The smallest absolute Gasteiger partial charge is 0.326 e. The number of hydrogen-bond acceptors (Lipinski definition) is 5. The minimum Gasteiger partial charge on any atom is -0.480 e. The summed E-state index contributed by atoms with van der Waals surface area (Å²) >= 11 is 0. The lowest BCUT2D eigenvalue weighted by atomic mass is 9.46. The summed E-state index contributed by atoms with van der Waals surface area (Å²) in [4.78, 5) is 30.6. The molecule has 2 N–H and O–H groups in total. The number of oxime groups is 1. The molecule has 190 valence electrons. The van der Waals surface area contributed by atoms with E-state index in [9.17, 15) is 19.8 Å². The molecule has 0 radical (unpaired) electrons. The standard InChI is InChI=1S/C28H38N2O5/c1-4-28(34)14-11-22-20-8-7-18-16-19(9-12-26(18,2)21(20)10-13-27(22,28)3)29-35-17-24(31)30-15-5-6-23(30)25(32)33/h1,16,20-23,34H,5-15,17H2,2-3H3,(H,32,33). The summed E-state index contributed by atoms with van der Waals surface area (Å²) in [6, 6.07) is -0.750. The van der Waals surface area contributed by atoms with Crippen LogP contribution in [0.5, 0.6) is 0 Å². The zero-order chi connectivity index (χ0) is 25.0. The largest absolute Gasteiger partial charge is 0.480 e. The van der Waals surface area contributed by atoms with Gasteiger partial charge in [0.25, 0.3) is 5.91 Å². The molecule has 1 heterocycles. The first kappa shape index (κ1) is 24.4. The molecule has 7 atom stereocenters. The zero-order valence-corrected chi connectivity index (χ0v) is 21.0. The lowest BCUT2D eigenvalue weighted by molar-refractivity contribution is -0.150. The van der Waals surface area contributed by atoms with Gasteiger partial charge in [-0.3, -0.25) is 4.79 Å². The van der Waals surface area contributed by atoms with Crippen LogP contribution in [0.1, 0.15) is 78.1 Å². The van der Waals surface area contributed by atoms with Gasteiger partial charge < -0.3 is 20.0 Å². The quantitative estimate of drug-likeness (QED) is 0.470. The molecule has 0 spiro atoms. The van der Waals surface area contributed by atoms with Crippen molar-refractivity contribution in [2.75, 3.05) is 13.2 Å². The SMILES string of the molecule is C#CC1(O)CCC2C3CCC4=CC(=NOCC(=O)N5CCCC5C(=O)O)CCC4(C)C3CCC21C. The van der Waals surface area contributed by atoms with E-state index in [4.69, 9.17) is 11.3 Å². The molecule has 4 aliphatic carbocycles. The van der Waals surface area contributed by atoms with Crippen LogP contribution in [-0.2, 0) is 14.4 Å². The van der Waals surface area contributed by atoms with Crippen molar-refractivity contribution in [3.8, 4) is 12.3 Å². The maximum Gasteiger partial charge on any atom is 0.326 e. The van der Waals surface area contributed by atoms with Gasteiger partial charge in [0.15, 0.2) is 6.61 Å². The van der Waals surface area contributed by atoms with E-state index >= 15 is 0 Å². The van der Waals surface area contributed by atoms with Gasteiger partial charge in [0, 0.05) is 12.0 Å². The van der Waals surface area contributed by atoms with Crippen LogP contribution in [0.25, 0.3) is 0 Å². The van der Waals surface area contributed by atoms with Crippen LogP contribution in [0.3, 0.4) is 0 Å². The number of amides is 1. The third-order valence-electron chi connectivity index (χ3n) is 10.6. The number of carbonyl (C=O) groups excluding carboxylic acids is 1. The van der Waals surface area contributed by atoms with Gasteiger partial charge in [-0.15, -0.1) is 6.42 Å². The lowest BCUT2D eigenvalue weighted by Crippen LogP contribution is -2.54. The number of terminal acetylenes is 1. The first-order valence-electron chi connectivity index (χ1n) is 13.3. The van der Waals surface area contributed by atoms with Gasteiger partial charge in [0.2, 0.25) is 0 Å². The van der Waals surface area contributed by atoms with Gasteiger partial charge in [-0.2, -0.15) is 0 Å². The number of aliphatic hydroxyl groups is 1. The summed E-state index contributed by atoms with van der Waals surface area (Å²) in [5.74, 6) is 3.14. The summed E-state index contributed by atoms with van der Waals surface area (Å²) in [6.45, 7) is 4.86. The van der Waals surface area contributed by atoms with Crippen LogP contribution in [0.2, 0.25) is 0 Å². The van der Waals surface area contributed by atoms with E-state index in [1.165, 1.54) is 10.5 Å². The molecule has 4 fully saturated rings. The Balaban J connectivity index is 1.25. The lowest BCUT2D eigenvalue weighted by Gasteiger charge is -2.58. The van der Waals surface area contributed by atoms with E-state index < -0.39 is 17.6 Å². The predicted molar refractivity (Wildman–Crippen MR) is 131 cm³/mol. The second-order valence-corrected chi connectivity index (χ2v) is 11.9. The molecule has 1 amide bonds. The highest BCUT2D eigenvalue weighted by Crippen LogP contribution is 2.67. The fourth-order valence-corrected chi connectivity index (χ4v) is 8.47. The first-order valence-corrected chi connectivity index (χ1v) is 13.3. The van der Waals surface area contributed by atoms with Crippen LogP contribution < -0.4 is 0 Å². The highest BCUT2D eigenvalue weighted by molar-refractivity contribution is 5.96. The van der Waals surface area contributed by atoms with E-state index in [0.717, 1.165) is 50.7 Å². The molecule has 7 heteroatoms. The zero-order valence-electron chi connectivity index (χ0n) is 21.0. The van der Waals surface area contributed by atoms with E-state index in [-0.39, 0.29) is 23.3 Å². The number of nitrogens with zero attached hydrogens (tertiary/aromatic N) is 2. The van der Waals surface area contributed by atoms with Crippen molar-refractivity contribution in [2.24, 2.45) is 33.7 Å². The summed E-state index contributed by atoms with van der Waals surface area (Å²) in [7, 11) is 0. The maximum absolute atomic E-state index is 12.4. The molecular weight excluding hydrogens is 444 g/mol. The Kier molecular flexibility index (Phi) is 6.03. The molecule has 0 aromatic rings. The summed E-state index contributed by atoms with van der Waals surface area (Å²) in [5, 5.41) is 24.7. The first-order chi connectivity index (χ1) is 16.6. The molecular formula is C28H38N2O5. The molecule has 0 aromatic heterocycles. The Hall–Kier alpha value is -2.33. The van der Waals surface area contributed by atoms with Crippen molar-refractivity contribution >= 4 is 17.6 Å². The number of rotatable bonds is 4. The second-order valence-electron chi connectivity index (χ2n) is 11.9. The van der Waals surface area contributed by atoms with Crippen molar-refractivity contribution < 1.29 is 24.6 Å². The number of carbonyl (C=O) groups is 2. The number of hydrogen-bond donors (Lipinski definition) is 2. The highest BCUT2D eigenvalue weighted by atomic mass is 16.6. The van der Waals surface area contributed by atoms with Gasteiger partial charge in [0.05, 0.1) is 5.71 Å². The molecule has 7 nitrogen and oxygen atoms in total. The molecule has 7 unspecified atom stereocenters. The summed E-state index contributed by atoms with van der Waals surface area (Å²) < 4.78 is 0. The van der Waals surface area contributed by atoms with Crippen LogP contribution >= 0.6 is 0 Å². The van der Waals surface area contributed by atoms with E-state index in [1.807, 2.05) is 0 Å². The van der Waals surface area contributed by atoms with E-state index in [2.05, 4.69) is 31.0 Å². The second kappa shape index (κ2) is 8.65. The summed E-state index contributed by atoms with van der Waals surface area (Å²) in [6.07, 6.45) is 16.9. The summed E-state index contributed by atoms with van der Waals surface area (Å²) in [5.41, 5.74) is 1.26. The number of aliphatic carboxylic acids is 1. The molecule has 0 bridgehead atoms. The van der Waals surface area contributed by atoms with Crippen molar-refractivity contribution in [3.63, 3.8) is 0 Å². The van der Waals surface area contributed by atoms with Crippen LogP contribution in [0.4, 0.5) is 0 Å². The number of carboxylic acid groups (broad SMARTS) is 1. The average Bonchev–Trinajstić information content (AvgIpc) is 3.43. The normalized spacial score (nSPS) is 43.5. The van der Waals surface area contributed by atoms with Gasteiger partial charge in [-0.05, 0) is 93.5 Å². The number of likely N-dealkylation sites (tertiary alicyclic amines) is 1. The third-order valence-corrected chi connectivity index (χ3v) is 10.6. The fraction of sp³-hybridized carbons (Fsp3) is 0.750. The topological polar surface area (TPSA) is 99.4 Å². The van der Waals surface area contributed by atoms with Crippen molar-refractivity contribution in [1.82, 2.24) is 4.90 Å². The number of fused-ring (bicyclic) bond motifs is 5. The molecule has 1 aliphatic heterocycles. The third kappa shape index (κ3) is 3.71. The molecule has 5 aliphatic rings. The molecule has 1 saturated heterocycles. The van der Waals surface area contributed by atoms with E-state index in [0.29, 0.717) is 43.6 Å². The Labute approximate surface area is 208 Å². The van der Waals surface area contributed by atoms with Crippen LogP contribution in [0, 0.1) is 40.9 Å². The van der Waals surface area contributed by atoms with Gasteiger partial charge in [0.1, 0.15) is 11.6 Å². The minimum atomic E-state index is -0.972. The van der Waals surface area contributed by atoms with Crippen molar-refractivity contribution in [1.29, 1.82) is 0 Å². The average molecular weight is 483 g/mol. The molecule has 35 heavy (non-hydrogen) atoms. The van der Waals surface area contributed by atoms with Gasteiger partial charge >= 0.3 is 5.97 Å². The van der Waals surface area contributed by atoms with Crippen molar-refractivity contribution in [2.45, 2.75) is 89.7 Å². The number of allylic oxidation sites excluding steroid dienone is 2. The molecule has 5 rings (SSSR count). The monoisotopic (exact) mass is 482 g/mol. The maximum atomic E-state index is 12.4. The van der Waals surface area contributed by atoms with Gasteiger partial charge in [-0.25, -0.2) is 4.79 Å². The van der Waals surface area contributed by atoms with Crippen LogP contribution in [-0.4, -0.2) is 57.5 Å². The van der Waals surface area contributed by atoms with E-state index in [1.54, 1.807) is 0 Å². The Bertz CT molecular complexity index is 1010. The Morgan fingerprint density at radius 2 is 1.94 bits per heavy atom. The predicted octanol–water partition coefficient (Wildman–Crippen LogP) is 3.76. The highest BCUT2D eigenvalue weighted by Gasteiger charge is 2.63. The minimum absolute atomic E-state index is 0.125. The molecule has 3 saturated carbocycles. The van der Waals surface area contributed by atoms with Gasteiger partial charge in [-0.1, -0.05) is 30.5 Å². The Morgan fingerprint density at radius 3 is 2.69 bits per heavy atom. The number of carboxylic acids is 1. The molecule has 0 aromatic carbocycles. The van der Waals surface area contributed by atoms with Crippen molar-refractivity contribution in [3.05, 3.63) is 11.6 Å². The Morgan fingerprint density at radius 1 is 1.17 bits per heavy atom.